The van der Waals surface area contributed by atoms with Crippen molar-refractivity contribution in [3.05, 3.63) is 29.8 Å². The van der Waals surface area contributed by atoms with Crippen LogP contribution in [0.2, 0.25) is 0 Å². The first kappa shape index (κ1) is 14.9. The molecule has 0 aromatic heterocycles. The molecule has 20 heavy (non-hydrogen) atoms. The van der Waals surface area contributed by atoms with Crippen molar-refractivity contribution >= 4 is 16.0 Å². The van der Waals surface area contributed by atoms with Crippen molar-refractivity contribution in [1.82, 2.24) is 4.72 Å². The Hall–Kier alpha value is -1.54. The van der Waals surface area contributed by atoms with Gasteiger partial charge in [-0.3, -0.25) is 4.79 Å². The van der Waals surface area contributed by atoms with Crippen LogP contribution in [0.3, 0.4) is 0 Å². The van der Waals surface area contributed by atoms with Gasteiger partial charge >= 0.3 is 5.97 Å². The zero-order chi connectivity index (χ0) is 14.9. The van der Waals surface area contributed by atoms with Gasteiger partial charge in [0.2, 0.25) is 10.0 Å². The average Bonchev–Trinajstić information content (AvgIpc) is 2.75. The van der Waals surface area contributed by atoms with Crippen molar-refractivity contribution < 1.29 is 27.1 Å². The number of carbonyl (C=O) groups is 1. The van der Waals surface area contributed by atoms with Crippen molar-refractivity contribution in [3.8, 4) is 0 Å². The highest BCUT2D eigenvalue weighted by molar-refractivity contribution is 7.89. The molecular weight excluding hydrogens is 292 g/mol. The molecule has 2 rings (SSSR count). The van der Waals surface area contributed by atoms with Gasteiger partial charge in [0.1, 0.15) is 11.6 Å². The zero-order valence-corrected chi connectivity index (χ0v) is 11.2. The molecule has 0 heterocycles. The molecule has 1 aliphatic rings. The molecule has 1 saturated carbocycles. The third-order valence-electron chi connectivity index (χ3n) is 3.25. The lowest BCUT2D eigenvalue weighted by Crippen LogP contribution is -2.33. The van der Waals surface area contributed by atoms with Gasteiger partial charge < -0.3 is 5.11 Å². The second kappa shape index (κ2) is 5.45. The van der Waals surface area contributed by atoms with Crippen LogP contribution in [0.4, 0.5) is 8.78 Å². The maximum Gasteiger partial charge on any atom is 0.306 e. The van der Waals surface area contributed by atoms with E-state index in [-0.39, 0.29) is 6.42 Å². The first-order chi connectivity index (χ1) is 9.28. The summed E-state index contributed by atoms with van der Waals surface area (Å²) in [7, 11) is -4.06. The second-order valence-corrected chi connectivity index (χ2v) is 6.49. The molecule has 0 bridgehead atoms. The molecular formula is C12H13F2NO4S. The van der Waals surface area contributed by atoms with E-state index in [1.54, 1.807) is 0 Å². The Morgan fingerprint density at radius 3 is 2.30 bits per heavy atom. The maximum atomic E-state index is 13.0. The summed E-state index contributed by atoms with van der Waals surface area (Å²) in [4.78, 5) is 10.3. The summed E-state index contributed by atoms with van der Waals surface area (Å²) < 4.78 is 52.3. The summed E-state index contributed by atoms with van der Waals surface area (Å²) >= 11 is 0. The largest absolute Gasteiger partial charge is 0.481 e. The molecule has 1 fully saturated rings. The van der Waals surface area contributed by atoms with Gasteiger partial charge in [0.15, 0.2) is 0 Å². The average molecular weight is 305 g/mol. The third kappa shape index (κ3) is 3.31. The summed E-state index contributed by atoms with van der Waals surface area (Å²) in [6.07, 6.45) is 0.931. The summed E-state index contributed by atoms with van der Waals surface area (Å²) in [5.41, 5.74) is 0. The van der Waals surface area contributed by atoms with Crippen LogP contribution in [0.1, 0.15) is 19.3 Å². The van der Waals surface area contributed by atoms with Crippen molar-refractivity contribution in [3.63, 3.8) is 0 Å². The Kier molecular flexibility index (Phi) is 4.05. The lowest BCUT2D eigenvalue weighted by atomic mass is 10.1. The molecule has 1 aromatic rings. The number of hydrogen-bond acceptors (Lipinski definition) is 3. The number of nitrogens with one attached hydrogen (secondary N) is 1. The summed E-state index contributed by atoms with van der Waals surface area (Å²) in [5.74, 6) is -3.53. The van der Waals surface area contributed by atoms with Crippen LogP contribution in [-0.4, -0.2) is 25.5 Å². The number of benzene rings is 1. The van der Waals surface area contributed by atoms with Crippen LogP contribution < -0.4 is 4.72 Å². The fourth-order valence-corrected chi connectivity index (χ4v) is 3.61. The first-order valence-corrected chi connectivity index (χ1v) is 7.47. The molecule has 0 amide bonds. The summed E-state index contributed by atoms with van der Waals surface area (Å²) in [6.45, 7) is 0. The van der Waals surface area contributed by atoms with E-state index in [4.69, 9.17) is 5.11 Å². The highest BCUT2D eigenvalue weighted by atomic mass is 32.2. The van der Waals surface area contributed by atoms with Crippen molar-refractivity contribution in [2.45, 2.75) is 30.2 Å². The van der Waals surface area contributed by atoms with Crippen LogP contribution >= 0.6 is 0 Å². The predicted molar refractivity (Wildman–Crippen MR) is 65.4 cm³/mol. The van der Waals surface area contributed by atoms with E-state index in [0.29, 0.717) is 18.9 Å². The van der Waals surface area contributed by atoms with Crippen LogP contribution in [0.15, 0.2) is 23.1 Å². The minimum atomic E-state index is -4.06. The topological polar surface area (TPSA) is 83.5 Å². The molecule has 0 spiro atoms. The first-order valence-electron chi connectivity index (χ1n) is 5.99. The van der Waals surface area contributed by atoms with Crippen LogP contribution in [-0.2, 0) is 14.8 Å². The van der Waals surface area contributed by atoms with Crippen LogP contribution in [0.5, 0.6) is 0 Å². The van der Waals surface area contributed by atoms with E-state index in [2.05, 4.69) is 4.72 Å². The van der Waals surface area contributed by atoms with E-state index in [9.17, 15) is 22.0 Å². The van der Waals surface area contributed by atoms with Crippen molar-refractivity contribution in [2.75, 3.05) is 0 Å². The van der Waals surface area contributed by atoms with Gasteiger partial charge in [-0.25, -0.2) is 21.9 Å². The molecule has 2 N–H and O–H groups in total. The normalized spacial score (nSPS) is 22.9. The standard InChI is InChI=1S/C12H13F2NO4S/c13-8-4-9(14)6-11(5-8)20(18,19)15-10-2-1-7(3-10)12(16)17/h4-7,10,15H,1-3H2,(H,16,17). The van der Waals surface area contributed by atoms with E-state index in [1.165, 1.54) is 0 Å². The molecule has 2 unspecified atom stereocenters. The van der Waals surface area contributed by atoms with Crippen molar-refractivity contribution in [2.24, 2.45) is 5.92 Å². The Morgan fingerprint density at radius 2 is 1.80 bits per heavy atom. The molecule has 8 heteroatoms. The number of hydrogen-bond donors (Lipinski definition) is 2. The smallest absolute Gasteiger partial charge is 0.306 e. The van der Waals surface area contributed by atoms with Gasteiger partial charge in [0, 0.05) is 12.1 Å². The Morgan fingerprint density at radius 1 is 1.20 bits per heavy atom. The van der Waals surface area contributed by atoms with Gasteiger partial charge in [-0.2, -0.15) is 0 Å². The molecule has 5 nitrogen and oxygen atoms in total. The highest BCUT2D eigenvalue weighted by Crippen LogP contribution is 2.27. The zero-order valence-electron chi connectivity index (χ0n) is 10.3. The minimum absolute atomic E-state index is 0.173. The van der Waals surface area contributed by atoms with E-state index < -0.39 is 44.5 Å². The second-order valence-electron chi connectivity index (χ2n) is 4.77. The lowest BCUT2D eigenvalue weighted by molar-refractivity contribution is -0.141. The predicted octanol–water partition coefficient (Wildman–Crippen LogP) is 1.50. The number of carboxylic acid groups (broad SMARTS) is 1. The number of rotatable bonds is 4. The van der Waals surface area contributed by atoms with Gasteiger partial charge in [-0.15, -0.1) is 0 Å². The van der Waals surface area contributed by atoms with Gasteiger partial charge in [-0.05, 0) is 31.4 Å². The number of sulfonamides is 1. The van der Waals surface area contributed by atoms with Gasteiger partial charge in [-0.1, -0.05) is 0 Å². The van der Waals surface area contributed by atoms with E-state index >= 15 is 0 Å². The monoisotopic (exact) mass is 305 g/mol. The van der Waals surface area contributed by atoms with E-state index in [1.807, 2.05) is 0 Å². The van der Waals surface area contributed by atoms with Crippen LogP contribution in [0, 0.1) is 17.6 Å². The summed E-state index contributed by atoms with van der Waals surface area (Å²) in [6, 6.07) is 1.48. The highest BCUT2D eigenvalue weighted by Gasteiger charge is 2.32. The Bertz CT molecular complexity index is 612. The molecule has 0 aliphatic heterocycles. The number of aliphatic carboxylic acids is 1. The molecule has 2 atom stereocenters. The SMILES string of the molecule is O=C(O)C1CCC(NS(=O)(=O)c2cc(F)cc(F)c2)C1. The maximum absolute atomic E-state index is 13.0. The Balaban J connectivity index is 2.14. The minimum Gasteiger partial charge on any atom is -0.481 e. The number of halogens is 2. The molecule has 0 saturated heterocycles. The lowest BCUT2D eigenvalue weighted by Gasteiger charge is -2.13. The summed E-state index contributed by atoms with van der Waals surface area (Å²) in [5, 5.41) is 8.84. The quantitative estimate of drug-likeness (QED) is 0.883. The molecule has 0 radical (unpaired) electrons. The Labute approximate surface area is 114 Å². The van der Waals surface area contributed by atoms with Gasteiger partial charge in [0.25, 0.3) is 0 Å². The fraction of sp³-hybridized carbons (Fsp3) is 0.417. The number of carboxylic acids is 1. The van der Waals surface area contributed by atoms with Crippen LogP contribution in [0.25, 0.3) is 0 Å². The van der Waals surface area contributed by atoms with E-state index in [0.717, 1.165) is 12.1 Å². The van der Waals surface area contributed by atoms with Gasteiger partial charge in [0.05, 0.1) is 10.8 Å². The molecule has 110 valence electrons. The van der Waals surface area contributed by atoms with Crippen molar-refractivity contribution in [1.29, 1.82) is 0 Å². The third-order valence-corrected chi connectivity index (χ3v) is 4.75. The molecule has 1 aliphatic carbocycles. The fourth-order valence-electron chi connectivity index (χ4n) is 2.28. The molecule has 1 aromatic carbocycles.